The van der Waals surface area contributed by atoms with Gasteiger partial charge in [-0.2, -0.15) is 0 Å². The summed E-state index contributed by atoms with van der Waals surface area (Å²) in [5.41, 5.74) is 2.57. The zero-order valence-corrected chi connectivity index (χ0v) is 19.2. The molecule has 0 radical (unpaired) electrons. The van der Waals surface area contributed by atoms with Gasteiger partial charge in [-0.1, -0.05) is 105 Å². The molecule has 0 N–H and O–H groups in total. The van der Waals surface area contributed by atoms with Gasteiger partial charge in [-0.3, -0.25) is 0 Å². The van der Waals surface area contributed by atoms with E-state index in [-0.39, 0.29) is 23.9 Å². The molecule has 0 amide bonds. The molecule has 0 bridgehead atoms. The second kappa shape index (κ2) is 11.3. The molecule has 0 aromatic heterocycles. The number of halogens is 1. The lowest BCUT2D eigenvalue weighted by Crippen LogP contribution is -2.49. The molecule has 4 heteroatoms. The minimum Gasteiger partial charge on any atom is -0.488 e. The molecule has 3 aromatic carbocycles. The summed E-state index contributed by atoms with van der Waals surface area (Å²) < 4.78 is 34.8. The summed E-state index contributed by atoms with van der Waals surface area (Å²) in [6.45, 7) is 4.92. The molecular formula is C29H31FO3. The van der Waals surface area contributed by atoms with Gasteiger partial charge in [0.05, 0.1) is 19.3 Å². The highest BCUT2D eigenvalue weighted by molar-refractivity contribution is 5.62. The smallest absolute Gasteiger partial charge is 0.170 e. The van der Waals surface area contributed by atoms with Crippen molar-refractivity contribution in [1.29, 1.82) is 0 Å². The third-order valence-corrected chi connectivity index (χ3v) is 6.14. The van der Waals surface area contributed by atoms with E-state index in [0.29, 0.717) is 18.8 Å². The summed E-state index contributed by atoms with van der Waals surface area (Å²) >= 11 is 0. The first-order chi connectivity index (χ1) is 16.2. The van der Waals surface area contributed by atoms with Gasteiger partial charge in [-0.25, -0.2) is 4.39 Å². The lowest BCUT2D eigenvalue weighted by molar-refractivity contribution is -0.167. The number of ether oxygens (including phenoxy) is 3. The summed E-state index contributed by atoms with van der Waals surface area (Å²) in [5.74, 6) is -0.140. The highest BCUT2D eigenvalue weighted by Crippen LogP contribution is 2.38. The predicted molar refractivity (Wildman–Crippen MR) is 129 cm³/mol. The van der Waals surface area contributed by atoms with Crippen LogP contribution in [-0.4, -0.2) is 18.3 Å². The standard InChI is InChI=1S/C29H31FO3/c1-3-25-21(2)27(31-19-22-13-7-4-8-14-22)29(32-20-23-15-9-5-10-16-23)28(33-25)26(30)24-17-11-6-12-18-24/h4-18,21,25,27,29H,3,19-20H2,1-2H3/b28-26-/t21-,25+,27-,29+/m0/s1. The largest absolute Gasteiger partial charge is 0.488 e. The molecule has 33 heavy (non-hydrogen) atoms. The van der Waals surface area contributed by atoms with Crippen LogP contribution in [0.25, 0.3) is 5.83 Å². The maximum Gasteiger partial charge on any atom is 0.170 e. The van der Waals surface area contributed by atoms with Gasteiger partial charge in [-0.15, -0.1) is 0 Å². The van der Waals surface area contributed by atoms with Crippen molar-refractivity contribution in [3.63, 3.8) is 0 Å². The van der Waals surface area contributed by atoms with E-state index in [9.17, 15) is 0 Å². The van der Waals surface area contributed by atoms with Crippen LogP contribution in [0.4, 0.5) is 4.39 Å². The Hall–Kier alpha value is -2.95. The van der Waals surface area contributed by atoms with Crippen LogP contribution in [0.15, 0.2) is 96.8 Å². The third-order valence-electron chi connectivity index (χ3n) is 6.14. The van der Waals surface area contributed by atoms with E-state index in [0.717, 1.165) is 17.5 Å². The molecule has 4 rings (SSSR count). The highest BCUT2D eigenvalue weighted by atomic mass is 19.1. The third kappa shape index (κ3) is 5.70. The Morgan fingerprint density at radius 1 is 0.788 bits per heavy atom. The molecule has 1 fully saturated rings. The van der Waals surface area contributed by atoms with Crippen molar-refractivity contribution < 1.29 is 18.6 Å². The number of benzene rings is 3. The first kappa shape index (κ1) is 23.2. The number of hydrogen-bond donors (Lipinski definition) is 0. The fraction of sp³-hybridized carbons (Fsp3) is 0.310. The summed E-state index contributed by atoms with van der Waals surface area (Å²) in [4.78, 5) is 0. The molecule has 172 valence electrons. The predicted octanol–water partition coefficient (Wildman–Crippen LogP) is 6.94. The van der Waals surface area contributed by atoms with E-state index >= 15 is 4.39 Å². The lowest BCUT2D eigenvalue weighted by atomic mass is 9.87. The first-order valence-electron chi connectivity index (χ1n) is 11.6. The van der Waals surface area contributed by atoms with Gasteiger partial charge in [0.2, 0.25) is 0 Å². The van der Waals surface area contributed by atoms with Crippen molar-refractivity contribution in [2.45, 2.75) is 51.8 Å². The van der Waals surface area contributed by atoms with Gasteiger partial charge in [0.25, 0.3) is 0 Å². The van der Waals surface area contributed by atoms with E-state index in [4.69, 9.17) is 14.2 Å². The van der Waals surface area contributed by atoms with Crippen LogP contribution in [0.1, 0.15) is 37.0 Å². The van der Waals surface area contributed by atoms with Crippen LogP contribution >= 0.6 is 0 Å². The molecule has 3 nitrogen and oxygen atoms in total. The topological polar surface area (TPSA) is 27.7 Å². The highest BCUT2D eigenvalue weighted by Gasteiger charge is 2.44. The Morgan fingerprint density at radius 3 is 1.85 bits per heavy atom. The van der Waals surface area contributed by atoms with Crippen LogP contribution in [0.5, 0.6) is 0 Å². The van der Waals surface area contributed by atoms with Gasteiger partial charge in [0.1, 0.15) is 12.2 Å². The van der Waals surface area contributed by atoms with Gasteiger partial charge < -0.3 is 14.2 Å². The second-order valence-corrected chi connectivity index (χ2v) is 8.45. The van der Waals surface area contributed by atoms with Gasteiger partial charge >= 0.3 is 0 Å². The van der Waals surface area contributed by atoms with E-state index in [1.165, 1.54) is 0 Å². The molecule has 0 spiro atoms. The minimum atomic E-state index is -0.660. The minimum absolute atomic E-state index is 0.0341. The van der Waals surface area contributed by atoms with Crippen molar-refractivity contribution in [2.75, 3.05) is 0 Å². The monoisotopic (exact) mass is 446 g/mol. The Morgan fingerprint density at radius 2 is 1.30 bits per heavy atom. The Bertz CT molecular complexity index is 1020. The maximum atomic E-state index is 15.8. The van der Waals surface area contributed by atoms with Crippen LogP contribution in [0, 0.1) is 5.92 Å². The molecule has 1 saturated heterocycles. The average Bonchev–Trinajstić information content (AvgIpc) is 2.88. The second-order valence-electron chi connectivity index (χ2n) is 8.45. The van der Waals surface area contributed by atoms with Gasteiger partial charge in [0.15, 0.2) is 11.6 Å². The Balaban J connectivity index is 1.67. The summed E-state index contributed by atoms with van der Waals surface area (Å²) in [5, 5.41) is 0. The first-order valence-corrected chi connectivity index (χ1v) is 11.6. The molecule has 3 aromatic rings. The summed E-state index contributed by atoms with van der Waals surface area (Å²) in [6, 6.07) is 28.9. The molecule has 4 atom stereocenters. The van der Waals surface area contributed by atoms with Crippen molar-refractivity contribution >= 4 is 5.83 Å². The fourth-order valence-corrected chi connectivity index (χ4v) is 4.27. The Kier molecular flexibility index (Phi) is 7.92. The Labute approximate surface area is 195 Å². The van der Waals surface area contributed by atoms with Gasteiger partial charge in [0, 0.05) is 11.5 Å². The van der Waals surface area contributed by atoms with Crippen molar-refractivity contribution in [1.82, 2.24) is 0 Å². The number of hydrogen-bond acceptors (Lipinski definition) is 3. The van der Waals surface area contributed by atoms with Crippen molar-refractivity contribution in [3.8, 4) is 0 Å². The normalized spacial score (nSPS) is 24.2. The van der Waals surface area contributed by atoms with Crippen LogP contribution in [0.2, 0.25) is 0 Å². The van der Waals surface area contributed by atoms with Crippen LogP contribution in [0.3, 0.4) is 0 Å². The number of rotatable bonds is 8. The van der Waals surface area contributed by atoms with Crippen molar-refractivity contribution in [3.05, 3.63) is 113 Å². The zero-order valence-electron chi connectivity index (χ0n) is 19.2. The molecule has 0 aliphatic carbocycles. The fourth-order valence-electron chi connectivity index (χ4n) is 4.27. The summed E-state index contributed by atoms with van der Waals surface area (Å²) in [6.07, 6.45) is -0.417. The van der Waals surface area contributed by atoms with E-state index in [1.54, 1.807) is 12.1 Å². The molecule has 0 saturated carbocycles. The molecule has 0 unspecified atom stereocenters. The lowest BCUT2D eigenvalue weighted by Gasteiger charge is -2.42. The molecule has 1 heterocycles. The van der Waals surface area contributed by atoms with Crippen LogP contribution in [-0.2, 0) is 27.4 Å². The van der Waals surface area contributed by atoms with Gasteiger partial charge in [-0.05, 0) is 17.5 Å². The quantitative estimate of drug-likeness (QED) is 0.375. The van der Waals surface area contributed by atoms with E-state index in [2.05, 4.69) is 13.8 Å². The van der Waals surface area contributed by atoms with Crippen LogP contribution < -0.4 is 0 Å². The SMILES string of the molecule is CC[C@H]1O/C(=C(\F)c2ccccc2)[C@H](OCc2ccccc2)[C@@H](OCc2ccccc2)[C@H]1C. The van der Waals surface area contributed by atoms with E-state index < -0.39 is 11.9 Å². The van der Waals surface area contributed by atoms with E-state index in [1.807, 2.05) is 78.9 Å². The summed E-state index contributed by atoms with van der Waals surface area (Å²) in [7, 11) is 0. The molecular weight excluding hydrogens is 415 g/mol. The maximum absolute atomic E-state index is 15.8. The zero-order chi connectivity index (χ0) is 23.0. The average molecular weight is 447 g/mol. The van der Waals surface area contributed by atoms with Crippen molar-refractivity contribution in [2.24, 2.45) is 5.92 Å². The molecule has 1 aliphatic rings. The molecule has 1 aliphatic heterocycles.